The Bertz CT molecular complexity index is 1540. The number of hydrogen-bond donors (Lipinski definition) is 0. The lowest BCUT2D eigenvalue weighted by molar-refractivity contribution is -0.388. The topological polar surface area (TPSA) is 126 Å². The summed E-state index contributed by atoms with van der Waals surface area (Å²) in [5, 5.41) is 13.0. The Balaban J connectivity index is 1.80. The van der Waals surface area contributed by atoms with E-state index in [1.54, 1.807) is 45.0 Å². The van der Waals surface area contributed by atoms with Crippen LogP contribution < -0.4 is 9.33 Å². The molecule has 1 fully saturated rings. The molecule has 3 heterocycles. The summed E-state index contributed by atoms with van der Waals surface area (Å²) in [7, 11) is -0.773. The largest absolute Gasteiger partial charge is 0.543 e. The number of carbonyl (C=O) groups is 2. The van der Waals surface area contributed by atoms with Gasteiger partial charge in [-0.15, -0.1) is 0 Å². The van der Waals surface area contributed by atoms with Crippen LogP contribution in [0.4, 0.5) is 16.4 Å². The second-order valence-corrected chi connectivity index (χ2v) is 18.2. The zero-order chi connectivity index (χ0) is 31.9. The van der Waals surface area contributed by atoms with E-state index in [1.807, 2.05) is 17.0 Å². The van der Waals surface area contributed by atoms with Gasteiger partial charge in [0.2, 0.25) is 14.1 Å². The smallest absolute Gasteiger partial charge is 0.419 e. The first-order valence-electron chi connectivity index (χ1n) is 14.5. The van der Waals surface area contributed by atoms with Crippen molar-refractivity contribution in [3.05, 3.63) is 46.5 Å². The van der Waals surface area contributed by atoms with Crippen molar-refractivity contribution in [3.8, 4) is 17.0 Å². The average molecular weight is 611 g/mol. The molecule has 11 nitrogen and oxygen atoms in total. The number of pyridine rings is 1. The summed E-state index contributed by atoms with van der Waals surface area (Å²) >= 11 is 0. The van der Waals surface area contributed by atoms with Crippen molar-refractivity contribution in [2.24, 2.45) is 5.92 Å². The van der Waals surface area contributed by atoms with Gasteiger partial charge in [-0.3, -0.25) is 4.79 Å². The van der Waals surface area contributed by atoms with Gasteiger partial charge >= 0.3 is 17.9 Å². The van der Waals surface area contributed by atoms with Crippen LogP contribution in [0.15, 0.2) is 36.4 Å². The number of nitro groups is 1. The molecule has 1 aromatic carbocycles. The highest BCUT2D eigenvalue weighted by Gasteiger charge is 2.39. The molecule has 0 radical (unpaired) electrons. The predicted molar refractivity (Wildman–Crippen MR) is 168 cm³/mol. The van der Waals surface area contributed by atoms with Crippen LogP contribution in [0, 0.1) is 16.0 Å². The minimum Gasteiger partial charge on any atom is -0.543 e. The molecule has 1 saturated heterocycles. The maximum Gasteiger partial charge on any atom is 0.419 e. The SMILES string of the molecule is COC(=O)C1CCN(c2ccc(-c3cc4cc(O[Si](C)(C)C(C)(C)C)ccc4n3C(=O)OC(C)(C)C)c([N+](=O)[O-])n2)CC1. The Morgan fingerprint density at radius 3 is 2.23 bits per heavy atom. The maximum atomic E-state index is 13.6. The zero-order valence-corrected chi connectivity index (χ0v) is 27.5. The molecule has 2 aromatic heterocycles. The molecule has 0 amide bonds. The van der Waals surface area contributed by atoms with E-state index in [4.69, 9.17) is 13.9 Å². The number of anilines is 1. The number of fused-ring (bicyclic) bond motifs is 1. The summed E-state index contributed by atoms with van der Waals surface area (Å²) in [5.74, 6) is 0.277. The molecule has 3 aromatic rings. The second kappa shape index (κ2) is 11.6. The van der Waals surface area contributed by atoms with Crippen molar-refractivity contribution in [2.75, 3.05) is 25.1 Å². The van der Waals surface area contributed by atoms with E-state index < -0.39 is 24.9 Å². The molecule has 0 saturated carbocycles. The number of methoxy groups -OCH3 is 1. The van der Waals surface area contributed by atoms with Crippen LogP contribution in [-0.2, 0) is 14.3 Å². The van der Waals surface area contributed by atoms with Crippen molar-refractivity contribution in [2.45, 2.75) is 78.1 Å². The van der Waals surface area contributed by atoms with Gasteiger partial charge in [-0.05, 0) is 92.0 Å². The molecule has 0 bridgehead atoms. The Hall–Kier alpha value is -3.93. The quantitative estimate of drug-likeness (QED) is 0.124. The van der Waals surface area contributed by atoms with Crippen LogP contribution in [0.5, 0.6) is 5.75 Å². The lowest BCUT2D eigenvalue weighted by Gasteiger charge is -2.36. The van der Waals surface area contributed by atoms with Crippen LogP contribution in [0.3, 0.4) is 0 Å². The summed E-state index contributed by atoms with van der Waals surface area (Å²) in [5.41, 5.74) is 0.229. The van der Waals surface area contributed by atoms with E-state index >= 15 is 0 Å². The van der Waals surface area contributed by atoms with Gasteiger partial charge in [-0.1, -0.05) is 20.8 Å². The minimum absolute atomic E-state index is 0.0157. The molecule has 0 atom stereocenters. The normalized spacial score (nSPS) is 15.0. The molecule has 0 N–H and O–H groups in total. The third-order valence-electron chi connectivity index (χ3n) is 8.19. The van der Waals surface area contributed by atoms with Gasteiger partial charge in [0, 0.05) is 24.5 Å². The predicted octanol–water partition coefficient (Wildman–Crippen LogP) is 7.17. The van der Waals surface area contributed by atoms with E-state index in [9.17, 15) is 19.7 Å². The summed E-state index contributed by atoms with van der Waals surface area (Å²) in [6, 6.07) is 10.5. The van der Waals surface area contributed by atoms with Crippen molar-refractivity contribution in [1.82, 2.24) is 9.55 Å². The third-order valence-corrected chi connectivity index (χ3v) is 12.5. The number of esters is 1. The number of hydrogen-bond acceptors (Lipinski definition) is 9. The number of rotatable bonds is 6. The number of benzene rings is 1. The van der Waals surface area contributed by atoms with Gasteiger partial charge in [0.05, 0.1) is 29.8 Å². The van der Waals surface area contributed by atoms with E-state index in [2.05, 4.69) is 38.8 Å². The summed E-state index contributed by atoms with van der Waals surface area (Å²) in [4.78, 5) is 43.7. The number of ether oxygens (including phenoxy) is 2. The Kier molecular flexibility index (Phi) is 8.65. The molecular formula is C31H42N4O7Si. The fourth-order valence-electron chi connectivity index (χ4n) is 4.87. The summed E-state index contributed by atoms with van der Waals surface area (Å²) in [6.45, 7) is 17.1. The lowest BCUT2D eigenvalue weighted by atomic mass is 9.97. The van der Waals surface area contributed by atoms with E-state index in [-0.39, 0.29) is 28.3 Å². The van der Waals surface area contributed by atoms with E-state index in [1.165, 1.54) is 11.7 Å². The first-order valence-corrected chi connectivity index (χ1v) is 17.4. The first-order chi connectivity index (χ1) is 19.9. The van der Waals surface area contributed by atoms with Gasteiger partial charge < -0.3 is 28.9 Å². The van der Waals surface area contributed by atoms with Crippen molar-refractivity contribution in [3.63, 3.8) is 0 Å². The van der Waals surface area contributed by atoms with Crippen molar-refractivity contribution in [1.29, 1.82) is 0 Å². The van der Waals surface area contributed by atoms with Crippen LogP contribution in [0.1, 0.15) is 54.4 Å². The minimum atomic E-state index is -2.15. The number of nitrogens with zero attached hydrogens (tertiary/aromatic N) is 4. The maximum absolute atomic E-state index is 13.6. The number of aromatic nitrogens is 2. The molecular weight excluding hydrogens is 568 g/mol. The van der Waals surface area contributed by atoms with Gasteiger partial charge in [0.15, 0.2) is 0 Å². The highest BCUT2D eigenvalue weighted by Crippen LogP contribution is 2.40. The zero-order valence-electron chi connectivity index (χ0n) is 26.5. The van der Waals surface area contributed by atoms with Crippen LogP contribution >= 0.6 is 0 Å². The molecule has 0 unspecified atom stereocenters. The Morgan fingerprint density at radius 1 is 1.02 bits per heavy atom. The highest BCUT2D eigenvalue weighted by molar-refractivity contribution is 6.74. The van der Waals surface area contributed by atoms with Gasteiger partial charge in [0.1, 0.15) is 11.4 Å². The average Bonchev–Trinajstić information content (AvgIpc) is 3.29. The highest BCUT2D eigenvalue weighted by atomic mass is 28.4. The van der Waals surface area contributed by atoms with Gasteiger partial charge in [0.25, 0.3) is 0 Å². The van der Waals surface area contributed by atoms with Gasteiger partial charge in [-0.2, -0.15) is 0 Å². The van der Waals surface area contributed by atoms with E-state index in [0.29, 0.717) is 54.1 Å². The molecule has 4 rings (SSSR count). The van der Waals surface area contributed by atoms with Crippen LogP contribution in [0.25, 0.3) is 22.2 Å². The molecule has 1 aliphatic heterocycles. The van der Waals surface area contributed by atoms with E-state index in [0.717, 1.165) is 0 Å². The third kappa shape index (κ3) is 6.84. The van der Waals surface area contributed by atoms with Crippen molar-refractivity contribution < 1.29 is 28.4 Å². The summed E-state index contributed by atoms with van der Waals surface area (Å²) < 4.78 is 18.5. The molecule has 0 spiro atoms. The molecule has 12 heteroatoms. The van der Waals surface area contributed by atoms with Crippen molar-refractivity contribution >= 4 is 42.9 Å². The molecule has 232 valence electrons. The fourth-order valence-corrected chi connectivity index (χ4v) is 5.89. The van der Waals surface area contributed by atoms with Crippen LogP contribution in [0.2, 0.25) is 18.1 Å². The first kappa shape index (κ1) is 32.0. The lowest BCUT2D eigenvalue weighted by Crippen LogP contribution is -2.43. The molecule has 43 heavy (non-hydrogen) atoms. The number of carbonyl (C=O) groups excluding carboxylic acids is 2. The number of piperidine rings is 1. The fraction of sp³-hybridized carbons (Fsp3) is 0.516. The monoisotopic (exact) mass is 610 g/mol. The Labute approximate surface area is 253 Å². The Morgan fingerprint density at radius 2 is 1.67 bits per heavy atom. The molecule has 1 aliphatic rings. The summed E-state index contributed by atoms with van der Waals surface area (Å²) in [6.07, 6.45) is 0.477. The van der Waals surface area contributed by atoms with Gasteiger partial charge in [-0.25, -0.2) is 9.36 Å². The second-order valence-electron chi connectivity index (χ2n) is 13.5. The standard InChI is InChI=1S/C31H42N4O7Si/c1-30(2,3)41-29(37)34-24-12-10-22(42-43(8,9)31(4,5)6)18-21(24)19-25(34)23-11-13-26(32-27(23)35(38)39)33-16-14-20(15-17-33)28(36)40-7/h10-13,18-20H,14-17H2,1-9H3. The molecule has 0 aliphatic carbocycles. The van der Waals surface area contributed by atoms with Crippen LogP contribution in [-0.4, -0.2) is 60.7 Å².